The number of aliphatic hydroxyl groups excluding tert-OH is 1. The van der Waals surface area contributed by atoms with E-state index in [1.54, 1.807) is 0 Å². The molecule has 19 heavy (non-hydrogen) atoms. The normalized spacial score (nSPS) is 14.1. The summed E-state index contributed by atoms with van der Waals surface area (Å²) in [6.07, 6.45) is 5.47. The maximum atomic E-state index is 12.2. The zero-order valence-electron chi connectivity index (χ0n) is 12.1. The highest BCUT2D eigenvalue weighted by Crippen LogP contribution is 2.22. The fourth-order valence-electron chi connectivity index (χ4n) is 2.32. The predicted molar refractivity (Wildman–Crippen MR) is 79.3 cm³/mol. The standard InChI is InChI=1S/C17H26O2/c1-3-4-8-15(12-11-14(2)18)13-17(19)16-9-6-5-7-10-16/h5-7,9-10,14-15,18H,3-4,8,11-13H2,1-2H3. The van der Waals surface area contributed by atoms with Crippen molar-refractivity contribution in [1.82, 2.24) is 0 Å². The zero-order valence-corrected chi connectivity index (χ0v) is 12.1. The molecule has 0 amide bonds. The first kappa shape index (κ1) is 15.9. The van der Waals surface area contributed by atoms with E-state index in [0.717, 1.165) is 37.7 Å². The summed E-state index contributed by atoms with van der Waals surface area (Å²) < 4.78 is 0. The van der Waals surface area contributed by atoms with Crippen LogP contribution in [0.1, 0.15) is 62.7 Å². The Kier molecular flexibility index (Phi) is 7.42. The molecule has 2 heteroatoms. The van der Waals surface area contributed by atoms with E-state index in [-0.39, 0.29) is 11.9 Å². The van der Waals surface area contributed by atoms with Crippen LogP contribution < -0.4 is 0 Å². The molecule has 0 spiro atoms. The summed E-state index contributed by atoms with van der Waals surface area (Å²) in [6.45, 7) is 3.99. The zero-order chi connectivity index (χ0) is 14.1. The first-order valence-electron chi connectivity index (χ1n) is 7.39. The third-order valence-electron chi connectivity index (χ3n) is 3.53. The summed E-state index contributed by atoms with van der Waals surface area (Å²) in [5, 5.41) is 9.39. The summed E-state index contributed by atoms with van der Waals surface area (Å²) in [6, 6.07) is 9.51. The second-order valence-corrected chi connectivity index (χ2v) is 5.43. The van der Waals surface area contributed by atoms with Gasteiger partial charge in [0.1, 0.15) is 0 Å². The number of carbonyl (C=O) groups excluding carboxylic acids is 1. The van der Waals surface area contributed by atoms with Crippen LogP contribution in [0.2, 0.25) is 0 Å². The van der Waals surface area contributed by atoms with Crippen molar-refractivity contribution in [2.45, 2.75) is 58.5 Å². The minimum Gasteiger partial charge on any atom is -0.393 e. The maximum Gasteiger partial charge on any atom is 0.163 e. The van der Waals surface area contributed by atoms with Gasteiger partial charge in [-0.25, -0.2) is 0 Å². The van der Waals surface area contributed by atoms with Crippen LogP contribution in [-0.4, -0.2) is 17.0 Å². The molecule has 0 aromatic heterocycles. The van der Waals surface area contributed by atoms with Crippen LogP contribution >= 0.6 is 0 Å². The quantitative estimate of drug-likeness (QED) is 0.676. The molecule has 0 saturated heterocycles. The Morgan fingerprint density at radius 1 is 1.16 bits per heavy atom. The number of ketones is 1. The van der Waals surface area contributed by atoms with Gasteiger partial charge in [0, 0.05) is 12.0 Å². The Morgan fingerprint density at radius 3 is 2.42 bits per heavy atom. The number of unbranched alkanes of at least 4 members (excludes halogenated alkanes) is 1. The van der Waals surface area contributed by atoms with Gasteiger partial charge in [-0.3, -0.25) is 4.79 Å². The first-order chi connectivity index (χ1) is 9.13. The highest BCUT2D eigenvalue weighted by Gasteiger charge is 2.15. The number of aliphatic hydroxyl groups is 1. The topological polar surface area (TPSA) is 37.3 Å². The van der Waals surface area contributed by atoms with E-state index in [0.29, 0.717) is 12.3 Å². The molecule has 2 nitrogen and oxygen atoms in total. The molecule has 1 aromatic carbocycles. The molecular weight excluding hydrogens is 236 g/mol. The molecule has 0 radical (unpaired) electrons. The van der Waals surface area contributed by atoms with Crippen LogP contribution in [0.3, 0.4) is 0 Å². The van der Waals surface area contributed by atoms with E-state index in [2.05, 4.69) is 6.92 Å². The smallest absolute Gasteiger partial charge is 0.163 e. The largest absolute Gasteiger partial charge is 0.393 e. The predicted octanol–water partition coefficient (Wildman–Crippen LogP) is 4.23. The van der Waals surface area contributed by atoms with Gasteiger partial charge in [0.2, 0.25) is 0 Å². The second-order valence-electron chi connectivity index (χ2n) is 5.43. The molecule has 0 aliphatic rings. The lowest BCUT2D eigenvalue weighted by atomic mass is 9.89. The summed E-state index contributed by atoms with van der Waals surface area (Å²) >= 11 is 0. The van der Waals surface area contributed by atoms with Crippen molar-refractivity contribution in [3.63, 3.8) is 0 Å². The summed E-state index contributed by atoms with van der Waals surface area (Å²) in [5.74, 6) is 0.634. The lowest BCUT2D eigenvalue weighted by Gasteiger charge is -2.16. The minimum atomic E-state index is -0.268. The van der Waals surface area contributed by atoms with Gasteiger partial charge in [0.05, 0.1) is 6.10 Å². The molecule has 0 aliphatic heterocycles. The average Bonchev–Trinajstić information content (AvgIpc) is 2.42. The summed E-state index contributed by atoms with van der Waals surface area (Å²) in [5.41, 5.74) is 0.807. The Hall–Kier alpha value is -1.15. The molecule has 106 valence electrons. The third-order valence-corrected chi connectivity index (χ3v) is 3.53. The van der Waals surface area contributed by atoms with E-state index >= 15 is 0 Å². The minimum absolute atomic E-state index is 0.229. The van der Waals surface area contributed by atoms with Gasteiger partial charge < -0.3 is 5.11 Å². The van der Waals surface area contributed by atoms with Gasteiger partial charge >= 0.3 is 0 Å². The highest BCUT2D eigenvalue weighted by atomic mass is 16.3. The lowest BCUT2D eigenvalue weighted by Crippen LogP contribution is -2.12. The van der Waals surface area contributed by atoms with Crippen molar-refractivity contribution < 1.29 is 9.90 Å². The van der Waals surface area contributed by atoms with Crippen LogP contribution in [-0.2, 0) is 0 Å². The molecule has 2 atom stereocenters. The maximum absolute atomic E-state index is 12.2. The molecule has 2 unspecified atom stereocenters. The van der Waals surface area contributed by atoms with Crippen LogP contribution in [0.25, 0.3) is 0 Å². The van der Waals surface area contributed by atoms with E-state index in [4.69, 9.17) is 0 Å². The number of rotatable bonds is 9. The average molecular weight is 262 g/mol. The summed E-state index contributed by atoms with van der Waals surface area (Å²) in [4.78, 5) is 12.2. The molecular formula is C17H26O2. The molecule has 1 N–H and O–H groups in total. The van der Waals surface area contributed by atoms with Gasteiger partial charge in [-0.05, 0) is 25.7 Å². The van der Waals surface area contributed by atoms with Crippen molar-refractivity contribution in [1.29, 1.82) is 0 Å². The fraction of sp³-hybridized carbons (Fsp3) is 0.588. The van der Waals surface area contributed by atoms with Gasteiger partial charge in [-0.2, -0.15) is 0 Å². The fourth-order valence-corrected chi connectivity index (χ4v) is 2.32. The lowest BCUT2D eigenvalue weighted by molar-refractivity contribution is 0.0946. The number of hydrogen-bond acceptors (Lipinski definition) is 2. The van der Waals surface area contributed by atoms with E-state index < -0.39 is 0 Å². The molecule has 0 aliphatic carbocycles. The SMILES string of the molecule is CCCCC(CCC(C)O)CC(=O)c1ccccc1. The molecule has 0 fully saturated rings. The molecule has 1 aromatic rings. The molecule has 0 bridgehead atoms. The number of carbonyl (C=O) groups is 1. The van der Waals surface area contributed by atoms with E-state index in [1.165, 1.54) is 0 Å². The highest BCUT2D eigenvalue weighted by molar-refractivity contribution is 5.96. The van der Waals surface area contributed by atoms with Gasteiger partial charge in [0.15, 0.2) is 5.78 Å². The Morgan fingerprint density at radius 2 is 1.84 bits per heavy atom. The first-order valence-corrected chi connectivity index (χ1v) is 7.39. The van der Waals surface area contributed by atoms with Gasteiger partial charge in [0.25, 0.3) is 0 Å². The number of benzene rings is 1. The van der Waals surface area contributed by atoms with Gasteiger partial charge in [-0.1, -0.05) is 56.5 Å². The van der Waals surface area contributed by atoms with Crippen LogP contribution in [0.5, 0.6) is 0 Å². The van der Waals surface area contributed by atoms with Crippen molar-refractivity contribution in [2.24, 2.45) is 5.92 Å². The Labute approximate surface area is 116 Å². The van der Waals surface area contributed by atoms with Gasteiger partial charge in [-0.15, -0.1) is 0 Å². The van der Waals surface area contributed by atoms with Crippen molar-refractivity contribution in [3.8, 4) is 0 Å². The molecule has 0 heterocycles. The third kappa shape index (κ3) is 6.53. The van der Waals surface area contributed by atoms with Crippen molar-refractivity contribution >= 4 is 5.78 Å². The van der Waals surface area contributed by atoms with E-state index in [9.17, 15) is 9.90 Å². The summed E-state index contributed by atoms with van der Waals surface area (Å²) in [7, 11) is 0. The second kappa shape index (κ2) is 8.87. The number of Topliss-reactive ketones (excluding diaryl/α,β-unsaturated/α-hetero) is 1. The van der Waals surface area contributed by atoms with E-state index in [1.807, 2.05) is 37.3 Å². The monoisotopic (exact) mass is 262 g/mol. The van der Waals surface area contributed by atoms with Crippen LogP contribution in [0.15, 0.2) is 30.3 Å². The Balaban J connectivity index is 2.53. The van der Waals surface area contributed by atoms with Crippen molar-refractivity contribution in [2.75, 3.05) is 0 Å². The Bertz CT molecular complexity index is 357. The number of hydrogen-bond donors (Lipinski definition) is 1. The molecule has 0 saturated carbocycles. The van der Waals surface area contributed by atoms with Crippen LogP contribution in [0.4, 0.5) is 0 Å². The van der Waals surface area contributed by atoms with Crippen LogP contribution in [0, 0.1) is 5.92 Å². The van der Waals surface area contributed by atoms with Crippen molar-refractivity contribution in [3.05, 3.63) is 35.9 Å². The molecule has 1 rings (SSSR count).